The van der Waals surface area contributed by atoms with Gasteiger partial charge in [-0.15, -0.1) is 0 Å². The molecule has 1 unspecified atom stereocenters. The molecule has 0 spiro atoms. The summed E-state index contributed by atoms with van der Waals surface area (Å²) >= 11 is 0. The number of aromatic nitrogens is 2. The summed E-state index contributed by atoms with van der Waals surface area (Å²) in [5.41, 5.74) is 8.36. The van der Waals surface area contributed by atoms with E-state index in [4.69, 9.17) is 5.73 Å². The molecule has 4 nitrogen and oxygen atoms in total. The van der Waals surface area contributed by atoms with Crippen molar-refractivity contribution in [1.82, 2.24) is 9.97 Å². The van der Waals surface area contributed by atoms with Crippen molar-refractivity contribution in [3.05, 3.63) is 29.6 Å². The van der Waals surface area contributed by atoms with Crippen LogP contribution in [0.25, 0.3) is 11.0 Å². The molecular formula is C10H13N3O. The Kier molecular flexibility index (Phi) is 2.23. The Bertz CT molecular complexity index is 448. The quantitative estimate of drug-likeness (QED) is 0.664. The first-order valence-electron chi connectivity index (χ1n) is 4.57. The van der Waals surface area contributed by atoms with Gasteiger partial charge in [0.05, 0.1) is 11.0 Å². The minimum atomic E-state index is -0.566. The molecule has 0 amide bonds. The van der Waals surface area contributed by atoms with Gasteiger partial charge in [0, 0.05) is 6.54 Å². The van der Waals surface area contributed by atoms with Gasteiger partial charge in [-0.2, -0.15) is 0 Å². The Morgan fingerprint density at radius 3 is 3.00 bits per heavy atom. The highest BCUT2D eigenvalue weighted by molar-refractivity contribution is 5.75. The van der Waals surface area contributed by atoms with Gasteiger partial charge in [-0.25, -0.2) is 4.98 Å². The molecule has 0 aliphatic carbocycles. The molecule has 0 radical (unpaired) electrons. The number of nitrogens with zero attached hydrogens (tertiary/aromatic N) is 1. The van der Waals surface area contributed by atoms with Gasteiger partial charge in [0.1, 0.15) is 11.9 Å². The van der Waals surface area contributed by atoms with E-state index in [0.29, 0.717) is 12.4 Å². The molecule has 0 saturated carbocycles. The number of nitrogens with one attached hydrogen (secondary N) is 1. The topological polar surface area (TPSA) is 74.9 Å². The first-order chi connectivity index (χ1) is 6.70. The molecule has 4 N–H and O–H groups in total. The fraction of sp³-hybridized carbons (Fsp3) is 0.300. The number of nitrogens with two attached hydrogens (primary N) is 1. The van der Waals surface area contributed by atoms with E-state index < -0.39 is 6.10 Å². The lowest BCUT2D eigenvalue weighted by atomic mass is 10.2. The molecule has 4 heteroatoms. The molecule has 1 heterocycles. The van der Waals surface area contributed by atoms with E-state index in [0.717, 1.165) is 16.6 Å². The van der Waals surface area contributed by atoms with E-state index in [1.54, 1.807) is 6.92 Å². The van der Waals surface area contributed by atoms with Crippen LogP contribution in [0.2, 0.25) is 0 Å². The molecule has 0 fully saturated rings. The molecule has 2 aromatic rings. The van der Waals surface area contributed by atoms with Crippen LogP contribution in [0.15, 0.2) is 18.2 Å². The number of aliphatic hydroxyl groups is 1. The van der Waals surface area contributed by atoms with Crippen molar-refractivity contribution in [2.75, 3.05) is 0 Å². The van der Waals surface area contributed by atoms with E-state index in [9.17, 15) is 5.11 Å². The van der Waals surface area contributed by atoms with Gasteiger partial charge in [0.25, 0.3) is 0 Å². The zero-order chi connectivity index (χ0) is 10.1. The molecule has 1 aromatic heterocycles. The summed E-state index contributed by atoms with van der Waals surface area (Å²) in [6.45, 7) is 2.19. The van der Waals surface area contributed by atoms with Crippen molar-refractivity contribution in [2.24, 2.45) is 5.73 Å². The zero-order valence-electron chi connectivity index (χ0n) is 7.99. The fourth-order valence-corrected chi connectivity index (χ4v) is 1.40. The van der Waals surface area contributed by atoms with Gasteiger partial charge >= 0.3 is 0 Å². The second-order valence-corrected chi connectivity index (χ2v) is 3.35. The van der Waals surface area contributed by atoms with Crippen LogP contribution < -0.4 is 5.73 Å². The molecular weight excluding hydrogens is 178 g/mol. The van der Waals surface area contributed by atoms with Crippen molar-refractivity contribution in [2.45, 2.75) is 19.6 Å². The van der Waals surface area contributed by atoms with E-state index >= 15 is 0 Å². The molecule has 0 bridgehead atoms. The SMILES string of the molecule is CC(O)c1nc2ccc(CN)cc2[nH]1. The Hall–Kier alpha value is -1.39. The van der Waals surface area contributed by atoms with E-state index in [-0.39, 0.29) is 0 Å². The predicted octanol–water partition coefficient (Wildman–Crippen LogP) is 1.07. The first kappa shape index (κ1) is 9.18. The van der Waals surface area contributed by atoms with Gasteiger partial charge < -0.3 is 15.8 Å². The van der Waals surface area contributed by atoms with Crippen LogP contribution >= 0.6 is 0 Å². The average Bonchev–Trinajstić information content (AvgIpc) is 2.59. The highest BCUT2D eigenvalue weighted by atomic mass is 16.3. The molecule has 0 aliphatic rings. The summed E-state index contributed by atoms with van der Waals surface area (Å²) < 4.78 is 0. The highest BCUT2D eigenvalue weighted by Gasteiger charge is 2.07. The second kappa shape index (κ2) is 3.40. The molecule has 1 atom stereocenters. The lowest BCUT2D eigenvalue weighted by Gasteiger charge is -1.95. The van der Waals surface area contributed by atoms with Crippen LogP contribution in [0.4, 0.5) is 0 Å². The number of rotatable bonds is 2. The number of aliphatic hydroxyl groups excluding tert-OH is 1. The number of H-pyrrole nitrogens is 1. The Morgan fingerprint density at radius 1 is 1.57 bits per heavy atom. The van der Waals surface area contributed by atoms with Gasteiger partial charge in [-0.1, -0.05) is 6.07 Å². The van der Waals surface area contributed by atoms with Crippen molar-refractivity contribution in [1.29, 1.82) is 0 Å². The average molecular weight is 191 g/mol. The van der Waals surface area contributed by atoms with Crippen LogP contribution in [0.1, 0.15) is 24.4 Å². The normalized spacial score (nSPS) is 13.4. The summed E-state index contributed by atoms with van der Waals surface area (Å²) in [6.07, 6.45) is -0.566. The minimum absolute atomic E-state index is 0.513. The molecule has 2 rings (SSSR count). The predicted molar refractivity (Wildman–Crippen MR) is 54.6 cm³/mol. The summed E-state index contributed by atoms with van der Waals surface area (Å²) in [4.78, 5) is 7.29. The lowest BCUT2D eigenvalue weighted by Crippen LogP contribution is -1.95. The maximum Gasteiger partial charge on any atom is 0.135 e. The Morgan fingerprint density at radius 2 is 2.36 bits per heavy atom. The van der Waals surface area contributed by atoms with Crippen molar-refractivity contribution >= 4 is 11.0 Å². The van der Waals surface area contributed by atoms with Gasteiger partial charge in [0.15, 0.2) is 0 Å². The number of hydrogen-bond acceptors (Lipinski definition) is 3. The lowest BCUT2D eigenvalue weighted by molar-refractivity contribution is 0.190. The van der Waals surface area contributed by atoms with E-state index in [2.05, 4.69) is 9.97 Å². The smallest absolute Gasteiger partial charge is 0.135 e. The summed E-state index contributed by atoms with van der Waals surface area (Å²) in [7, 11) is 0. The monoisotopic (exact) mass is 191 g/mol. The standard InChI is InChI=1S/C10H13N3O/c1-6(14)10-12-8-3-2-7(5-11)4-9(8)13-10/h2-4,6,14H,5,11H2,1H3,(H,12,13). The van der Waals surface area contributed by atoms with E-state index in [1.807, 2.05) is 18.2 Å². The third kappa shape index (κ3) is 1.49. The number of imidazole rings is 1. The second-order valence-electron chi connectivity index (χ2n) is 3.35. The van der Waals surface area contributed by atoms with Crippen LogP contribution in [-0.4, -0.2) is 15.1 Å². The summed E-state index contributed by atoms with van der Waals surface area (Å²) in [6, 6.07) is 5.79. The molecule has 74 valence electrons. The fourth-order valence-electron chi connectivity index (χ4n) is 1.40. The van der Waals surface area contributed by atoms with Gasteiger partial charge in [-0.3, -0.25) is 0 Å². The zero-order valence-corrected chi connectivity index (χ0v) is 7.99. The third-order valence-corrected chi connectivity index (χ3v) is 2.20. The molecule has 14 heavy (non-hydrogen) atoms. The van der Waals surface area contributed by atoms with Crippen LogP contribution in [0.5, 0.6) is 0 Å². The Balaban J connectivity index is 2.54. The van der Waals surface area contributed by atoms with Crippen LogP contribution in [0.3, 0.4) is 0 Å². The van der Waals surface area contributed by atoms with Crippen molar-refractivity contribution in [3.63, 3.8) is 0 Å². The van der Waals surface area contributed by atoms with E-state index in [1.165, 1.54) is 0 Å². The van der Waals surface area contributed by atoms with Gasteiger partial charge in [0.2, 0.25) is 0 Å². The van der Waals surface area contributed by atoms with Crippen molar-refractivity contribution < 1.29 is 5.11 Å². The number of fused-ring (bicyclic) bond motifs is 1. The van der Waals surface area contributed by atoms with Crippen LogP contribution in [-0.2, 0) is 6.54 Å². The molecule has 0 saturated heterocycles. The van der Waals surface area contributed by atoms with Gasteiger partial charge in [-0.05, 0) is 24.6 Å². The highest BCUT2D eigenvalue weighted by Crippen LogP contribution is 2.16. The van der Waals surface area contributed by atoms with Crippen molar-refractivity contribution in [3.8, 4) is 0 Å². The summed E-state index contributed by atoms with van der Waals surface area (Å²) in [5.74, 6) is 0.592. The number of aromatic amines is 1. The maximum absolute atomic E-state index is 9.33. The first-order valence-corrected chi connectivity index (χ1v) is 4.57. The minimum Gasteiger partial charge on any atom is -0.385 e. The largest absolute Gasteiger partial charge is 0.385 e. The third-order valence-electron chi connectivity index (χ3n) is 2.20. The number of hydrogen-bond donors (Lipinski definition) is 3. The maximum atomic E-state index is 9.33. The molecule has 1 aromatic carbocycles. The Labute approximate surface area is 81.8 Å². The molecule has 0 aliphatic heterocycles. The number of benzene rings is 1. The van der Waals surface area contributed by atoms with Crippen LogP contribution in [0, 0.1) is 0 Å². The summed E-state index contributed by atoms with van der Waals surface area (Å²) in [5, 5.41) is 9.33.